The van der Waals surface area contributed by atoms with Gasteiger partial charge in [-0.1, -0.05) is 0 Å². The molecule has 0 radical (unpaired) electrons. The van der Waals surface area contributed by atoms with E-state index in [1.807, 2.05) is 18.2 Å². The number of hydrogen-bond acceptors (Lipinski definition) is 5. The van der Waals surface area contributed by atoms with Crippen molar-refractivity contribution in [2.75, 3.05) is 18.5 Å². The molecule has 110 valence electrons. The van der Waals surface area contributed by atoms with Crippen LogP contribution in [0, 0.1) is 0 Å². The number of nitrogens with one attached hydrogen (secondary N) is 1. The van der Waals surface area contributed by atoms with Crippen LogP contribution in [0.4, 0.5) is 5.69 Å². The van der Waals surface area contributed by atoms with Gasteiger partial charge in [-0.15, -0.1) is 0 Å². The lowest BCUT2D eigenvalue weighted by Crippen LogP contribution is -2.00. The second-order valence-electron chi connectivity index (χ2n) is 4.88. The van der Waals surface area contributed by atoms with E-state index in [1.165, 1.54) is 6.07 Å². The first kappa shape index (κ1) is 13.4. The Morgan fingerprint density at radius 1 is 0.952 bits per heavy atom. The molecule has 5 heteroatoms. The van der Waals surface area contributed by atoms with Gasteiger partial charge in [-0.3, -0.25) is 0 Å². The number of hydrogen-bond donors (Lipinski definition) is 3. The zero-order valence-corrected chi connectivity index (χ0v) is 11.5. The minimum Gasteiger partial charge on any atom is -0.508 e. The van der Waals surface area contributed by atoms with E-state index in [2.05, 4.69) is 5.32 Å². The van der Waals surface area contributed by atoms with Crippen molar-refractivity contribution in [3.8, 4) is 23.0 Å². The molecule has 0 spiro atoms. The number of aromatic hydroxyl groups is 2. The molecule has 0 atom stereocenters. The smallest absolute Gasteiger partial charge is 0.163 e. The molecule has 0 aliphatic carbocycles. The molecule has 2 aromatic rings. The minimum absolute atomic E-state index is 0.0480. The van der Waals surface area contributed by atoms with Crippen LogP contribution in [-0.2, 0) is 6.54 Å². The number of phenolic OH excluding ortho intramolecular Hbond substituents is 2. The van der Waals surface area contributed by atoms with Gasteiger partial charge in [-0.05, 0) is 24.3 Å². The molecule has 3 N–H and O–H groups in total. The molecule has 1 aliphatic heterocycles. The fourth-order valence-corrected chi connectivity index (χ4v) is 2.17. The van der Waals surface area contributed by atoms with Crippen LogP contribution in [0.25, 0.3) is 0 Å². The maximum absolute atomic E-state index is 9.75. The van der Waals surface area contributed by atoms with E-state index in [-0.39, 0.29) is 11.5 Å². The zero-order chi connectivity index (χ0) is 14.7. The van der Waals surface area contributed by atoms with E-state index in [1.54, 1.807) is 12.1 Å². The summed E-state index contributed by atoms with van der Waals surface area (Å²) in [6, 6.07) is 10.2. The van der Waals surface area contributed by atoms with Crippen LogP contribution in [0.15, 0.2) is 36.4 Å². The highest BCUT2D eigenvalue weighted by Crippen LogP contribution is 2.32. The predicted molar refractivity (Wildman–Crippen MR) is 79.1 cm³/mol. The molecule has 3 rings (SSSR count). The van der Waals surface area contributed by atoms with Crippen molar-refractivity contribution < 1.29 is 19.7 Å². The lowest BCUT2D eigenvalue weighted by atomic mass is 10.2. The van der Waals surface area contributed by atoms with E-state index in [9.17, 15) is 10.2 Å². The SMILES string of the molecule is Oc1ccc(CNc2ccc3c(c2)OCCCO3)c(O)c1. The Bertz CT molecular complexity index is 642. The lowest BCUT2D eigenvalue weighted by molar-refractivity contribution is 0.297. The standard InChI is InChI=1S/C16H17NO4/c18-13-4-2-11(14(19)9-13)10-17-12-3-5-15-16(8-12)21-7-1-6-20-15/h2-5,8-9,17-19H,1,6-7,10H2. The molecule has 0 bridgehead atoms. The summed E-state index contributed by atoms with van der Waals surface area (Å²) in [6.07, 6.45) is 0.874. The van der Waals surface area contributed by atoms with Crippen molar-refractivity contribution in [1.82, 2.24) is 0 Å². The normalized spacial score (nSPS) is 13.5. The van der Waals surface area contributed by atoms with E-state index in [4.69, 9.17) is 9.47 Å². The van der Waals surface area contributed by atoms with E-state index in [0.29, 0.717) is 25.3 Å². The Kier molecular flexibility index (Phi) is 3.73. The first-order valence-electron chi connectivity index (χ1n) is 6.87. The average Bonchev–Trinajstić information content (AvgIpc) is 2.71. The molecule has 0 fully saturated rings. The minimum atomic E-state index is 0.0480. The topological polar surface area (TPSA) is 71.0 Å². The Morgan fingerprint density at radius 3 is 2.57 bits per heavy atom. The van der Waals surface area contributed by atoms with Crippen molar-refractivity contribution in [2.45, 2.75) is 13.0 Å². The van der Waals surface area contributed by atoms with Crippen LogP contribution in [-0.4, -0.2) is 23.4 Å². The van der Waals surface area contributed by atoms with Gasteiger partial charge in [0.15, 0.2) is 11.5 Å². The molecule has 1 heterocycles. The largest absolute Gasteiger partial charge is 0.508 e. The van der Waals surface area contributed by atoms with E-state index < -0.39 is 0 Å². The molecule has 0 aromatic heterocycles. The third-order valence-electron chi connectivity index (χ3n) is 3.30. The van der Waals surface area contributed by atoms with Crippen molar-refractivity contribution in [2.24, 2.45) is 0 Å². The lowest BCUT2D eigenvalue weighted by Gasteiger charge is -2.12. The Morgan fingerprint density at radius 2 is 1.76 bits per heavy atom. The van der Waals surface area contributed by atoms with Gasteiger partial charge in [0.2, 0.25) is 0 Å². The fourth-order valence-electron chi connectivity index (χ4n) is 2.17. The Hall–Kier alpha value is -2.56. The van der Waals surface area contributed by atoms with Gasteiger partial charge in [-0.25, -0.2) is 0 Å². The number of rotatable bonds is 3. The number of anilines is 1. The number of ether oxygens (including phenoxy) is 2. The molecular formula is C16H17NO4. The average molecular weight is 287 g/mol. The van der Waals surface area contributed by atoms with E-state index >= 15 is 0 Å². The molecule has 0 saturated carbocycles. The van der Waals surface area contributed by atoms with Gasteiger partial charge in [0.05, 0.1) is 13.2 Å². The highest BCUT2D eigenvalue weighted by Gasteiger charge is 2.10. The summed E-state index contributed by atoms with van der Waals surface area (Å²) in [5, 5.41) is 22.2. The maximum atomic E-state index is 9.75. The molecule has 2 aromatic carbocycles. The second kappa shape index (κ2) is 5.83. The van der Waals surface area contributed by atoms with Crippen LogP contribution in [0.3, 0.4) is 0 Å². The monoisotopic (exact) mass is 287 g/mol. The zero-order valence-electron chi connectivity index (χ0n) is 11.5. The van der Waals surface area contributed by atoms with Crippen LogP contribution >= 0.6 is 0 Å². The predicted octanol–water partition coefficient (Wildman–Crippen LogP) is 2.87. The first-order valence-corrected chi connectivity index (χ1v) is 6.87. The summed E-state index contributed by atoms with van der Waals surface area (Å²) in [7, 11) is 0. The molecule has 0 amide bonds. The van der Waals surface area contributed by atoms with Gasteiger partial charge in [0.25, 0.3) is 0 Å². The summed E-state index contributed by atoms with van der Waals surface area (Å²) in [5.74, 6) is 1.60. The van der Waals surface area contributed by atoms with Crippen molar-refractivity contribution in [3.63, 3.8) is 0 Å². The van der Waals surface area contributed by atoms with Gasteiger partial charge in [0, 0.05) is 36.3 Å². The highest BCUT2D eigenvalue weighted by atomic mass is 16.5. The first-order chi connectivity index (χ1) is 10.2. The Labute approximate surface area is 122 Å². The third kappa shape index (κ3) is 3.13. The van der Waals surface area contributed by atoms with Crippen molar-refractivity contribution in [3.05, 3.63) is 42.0 Å². The maximum Gasteiger partial charge on any atom is 0.163 e. The van der Waals surface area contributed by atoms with Gasteiger partial charge in [0.1, 0.15) is 11.5 Å². The second-order valence-corrected chi connectivity index (χ2v) is 4.88. The fraction of sp³-hybridized carbons (Fsp3) is 0.250. The van der Waals surface area contributed by atoms with Crippen molar-refractivity contribution in [1.29, 1.82) is 0 Å². The van der Waals surface area contributed by atoms with Crippen LogP contribution in [0.1, 0.15) is 12.0 Å². The van der Waals surface area contributed by atoms with Crippen LogP contribution < -0.4 is 14.8 Å². The molecule has 1 aliphatic rings. The number of fused-ring (bicyclic) bond motifs is 1. The quantitative estimate of drug-likeness (QED) is 0.809. The van der Waals surface area contributed by atoms with Crippen LogP contribution in [0.5, 0.6) is 23.0 Å². The Balaban J connectivity index is 1.72. The van der Waals surface area contributed by atoms with Crippen molar-refractivity contribution >= 4 is 5.69 Å². The summed E-state index contributed by atoms with van der Waals surface area (Å²) in [6.45, 7) is 1.77. The third-order valence-corrected chi connectivity index (χ3v) is 3.30. The van der Waals surface area contributed by atoms with Crippen LogP contribution in [0.2, 0.25) is 0 Å². The van der Waals surface area contributed by atoms with Gasteiger partial charge in [-0.2, -0.15) is 0 Å². The number of phenols is 2. The number of benzene rings is 2. The molecule has 0 saturated heterocycles. The summed E-state index contributed by atoms with van der Waals surface area (Å²) in [4.78, 5) is 0. The summed E-state index contributed by atoms with van der Waals surface area (Å²) >= 11 is 0. The van der Waals surface area contributed by atoms with E-state index in [0.717, 1.165) is 23.6 Å². The molecular weight excluding hydrogens is 270 g/mol. The van der Waals surface area contributed by atoms with Gasteiger partial charge >= 0.3 is 0 Å². The summed E-state index contributed by atoms with van der Waals surface area (Å²) < 4.78 is 11.2. The highest BCUT2D eigenvalue weighted by molar-refractivity contribution is 5.55. The van der Waals surface area contributed by atoms with Gasteiger partial charge < -0.3 is 25.0 Å². The molecule has 0 unspecified atom stereocenters. The summed E-state index contributed by atoms with van der Waals surface area (Å²) in [5.41, 5.74) is 1.59. The molecule has 5 nitrogen and oxygen atoms in total. The molecule has 21 heavy (non-hydrogen) atoms.